The molecule has 2 aromatic carbocycles. The fourth-order valence-electron chi connectivity index (χ4n) is 3.70. The third kappa shape index (κ3) is 3.64. The van der Waals surface area contributed by atoms with E-state index < -0.39 is 5.91 Å². The lowest BCUT2D eigenvalue weighted by molar-refractivity contribution is 0.101. The number of rotatable bonds is 3. The predicted molar refractivity (Wildman–Crippen MR) is 112 cm³/mol. The van der Waals surface area contributed by atoms with Crippen molar-refractivity contribution in [3.8, 4) is 0 Å². The summed E-state index contributed by atoms with van der Waals surface area (Å²) in [6.45, 7) is 0. The Kier molecular flexibility index (Phi) is 5.38. The first-order valence-electron chi connectivity index (χ1n) is 9.32. The second-order valence-electron chi connectivity index (χ2n) is 7.03. The largest absolute Gasteiger partial charge is 0.280 e. The van der Waals surface area contributed by atoms with Crippen LogP contribution in [-0.2, 0) is 0 Å². The number of hydrogen-bond donors (Lipinski definition) is 1. The van der Waals surface area contributed by atoms with E-state index in [0.717, 1.165) is 25.7 Å². The number of nitrogens with zero attached hydrogens (tertiary/aromatic N) is 2. The third-order valence-electron chi connectivity index (χ3n) is 5.17. The van der Waals surface area contributed by atoms with Crippen LogP contribution in [0.3, 0.4) is 0 Å². The van der Waals surface area contributed by atoms with Crippen LogP contribution in [-0.4, -0.2) is 15.6 Å². The molecule has 1 aliphatic carbocycles. The van der Waals surface area contributed by atoms with E-state index in [-0.39, 0.29) is 16.5 Å². The van der Waals surface area contributed by atoms with Gasteiger partial charge >= 0.3 is 0 Å². The molecule has 1 heterocycles. The number of aromatic nitrogens is 2. The molecular formula is C21H19Cl2N3O2. The lowest BCUT2D eigenvalue weighted by atomic mass is 9.88. The highest BCUT2D eigenvalue weighted by Crippen LogP contribution is 2.31. The minimum atomic E-state index is -0.435. The van der Waals surface area contributed by atoms with E-state index in [1.807, 2.05) is 12.1 Å². The first-order valence-corrected chi connectivity index (χ1v) is 10.1. The summed E-state index contributed by atoms with van der Waals surface area (Å²) in [5, 5.41) is 1.12. The molecule has 0 saturated heterocycles. The molecule has 0 atom stereocenters. The van der Waals surface area contributed by atoms with Gasteiger partial charge in [0.1, 0.15) is 5.82 Å². The van der Waals surface area contributed by atoms with Crippen LogP contribution < -0.4 is 11.0 Å². The number of amides is 1. The highest BCUT2D eigenvalue weighted by molar-refractivity contribution is 6.42. The molecule has 1 amide bonds. The van der Waals surface area contributed by atoms with Crippen LogP contribution in [0.15, 0.2) is 47.3 Å². The summed E-state index contributed by atoms with van der Waals surface area (Å²) in [5.41, 5.74) is 3.42. The van der Waals surface area contributed by atoms with E-state index >= 15 is 0 Å². The number of fused-ring (bicyclic) bond motifs is 1. The van der Waals surface area contributed by atoms with Crippen molar-refractivity contribution in [2.45, 2.75) is 38.0 Å². The van der Waals surface area contributed by atoms with Crippen molar-refractivity contribution in [1.82, 2.24) is 9.66 Å². The van der Waals surface area contributed by atoms with Gasteiger partial charge in [-0.2, -0.15) is 0 Å². The van der Waals surface area contributed by atoms with Gasteiger partial charge in [0.25, 0.3) is 11.5 Å². The van der Waals surface area contributed by atoms with Gasteiger partial charge in [-0.15, -0.1) is 0 Å². The van der Waals surface area contributed by atoms with E-state index in [2.05, 4.69) is 5.43 Å². The van der Waals surface area contributed by atoms with Crippen molar-refractivity contribution in [2.24, 2.45) is 0 Å². The lowest BCUT2D eigenvalue weighted by Crippen LogP contribution is -2.37. The van der Waals surface area contributed by atoms with Crippen molar-refractivity contribution in [2.75, 3.05) is 5.43 Å². The maximum Gasteiger partial charge on any atom is 0.280 e. The number of carbonyl (C=O) groups is 1. The summed E-state index contributed by atoms with van der Waals surface area (Å²) in [7, 11) is 0. The van der Waals surface area contributed by atoms with E-state index in [1.54, 1.807) is 24.3 Å². The number of benzene rings is 2. The van der Waals surface area contributed by atoms with Gasteiger partial charge in [0, 0.05) is 11.5 Å². The summed E-state index contributed by atoms with van der Waals surface area (Å²) in [6, 6.07) is 11.8. The van der Waals surface area contributed by atoms with Gasteiger partial charge in [0.05, 0.1) is 20.9 Å². The molecule has 1 saturated carbocycles. The van der Waals surface area contributed by atoms with Crippen LogP contribution >= 0.6 is 23.2 Å². The normalized spacial score (nSPS) is 14.9. The number of hydrogen-bond acceptors (Lipinski definition) is 3. The Balaban J connectivity index is 1.79. The van der Waals surface area contributed by atoms with Crippen LogP contribution in [0, 0.1) is 0 Å². The Bertz CT molecular complexity index is 1100. The fraction of sp³-hybridized carbons (Fsp3) is 0.286. The van der Waals surface area contributed by atoms with E-state index in [4.69, 9.17) is 28.2 Å². The molecule has 0 unspecified atom stereocenters. The minimum absolute atomic E-state index is 0.139. The predicted octanol–water partition coefficient (Wildman–Crippen LogP) is 5.13. The van der Waals surface area contributed by atoms with Gasteiger partial charge in [0.15, 0.2) is 0 Å². The molecule has 1 N–H and O–H groups in total. The molecule has 28 heavy (non-hydrogen) atoms. The van der Waals surface area contributed by atoms with Gasteiger partial charge in [0.2, 0.25) is 0 Å². The van der Waals surface area contributed by atoms with Crippen LogP contribution in [0.25, 0.3) is 10.9 Å². The highest BCUT2D eigenvalue weighted by Gasteiger charge is 2.23. The zero-order chi connectivity index (χ0) is 19.7. The van der Waals surface area contributed by atoms with E-state index in [1.165, 1.54) is 17.2 Å². The summed E-state index contributed by atoms with van der Waals surface area (Å²) in [5.74, 6) is 0.312. The smallest absolute Gasteiger partial charge is 0.267 e. The van der Waals surface area contributed by atoms with Gasteiger partial charge in [-0.25, -0.2) is 9.66 Å². The molecular weight excluding hydrogens is 397 g/mol. The fourth-order valence-corrected chi connectivity index (χ4v) is 3.99. The van der Waals surface area contributed by atoms with Crippen molar-refractivity contribution in [3.05, 3.63) is 74.3 Å². The topological polar surface area (TPSA) is 64.0 Å². The third-order valence-corrected chi connectivity index (χ3v) is 5.91. The van der Waals surface area contributed by atoms with E-state index in [0.29, 0.717) is 27.3 Å². The molecule has 1 fully saturated rings. The number of carbonyl (C=O) groups excluding carboxylic acids is 1. The van der Waals surface area contributed by atoms with E-state index in [9.17, 15) is 9.59 Å². The molecule has 1 aromatic heterocycles. The maximum absolute atomic E-state index is 13.1. The zero-order valence-electron chi connectivity index (χ0n) is 15.1. The molecule has 144 valence electrons. The molecule has 1 aliphatic rings. The average molecular weight is 416 g/mol. The quantitative estimate of drug-likeness (QED) is 0.644. The summed E-state index contributed by atoms with van der Waals surface area (Å²) in [6.07, 6.45) is 5.27. The summed E-state index contributed by atoms with van der Waals surface area (Å²) >= 11 is 12.0. The molecule has 3 aromatic rings. The van der Waals surface area contributed by atoms with Gasteiger partial charge < -0.3 is 0 Å². The first kappa shape index (κ1) is 19.0. The number of para-hydroxylation sites is 1. The van der Waals surface area contributed by atoms with Crippen LogP contribution in [0.1, 0.15) is 54.2 Å². The lowest BCUT2D eigenvalue weighted by Gasteiger charge is -2.24. The van der Waals surface area contributed by atoms with Crippen molar-refractivity contribution in [1.29, 1.82) is 0 Å². The maximum atomic E-state index is 13.1. The minimum Gasteiger partial charge on any atom is -0.267 e. The molecule has 0 spiro atoms. The summed E-state index contributed by atoms with van der Waals surface area (Å²) < 4.78 is 1.31. The molecule has 5 nitrogen and oxygen atoms in total. The molecule has 0 bridgehead atoms. The highest BCUT2D eigenvalue weighted by atomic mass is 35.5. The average Bonchev–Trinajstić information content (AvgIpc) is 2.72. The summed E-state index contributed by atoms with van der Waals surface area (Å²) in [4.78, 5) is 30.7. The van der Waals surface area contributed by atoms with Crippen molar-refractivity contribution < 1.29 is 4.79 Å². The number of nitrogens with one attached hydrogen (secondary N) is 1. The Morgan fingerprint density at radius 1 is 1.04 bits per heavy atom. The van der Waals surface area contributed by atoms with Gasteiger partial charge in [-0.3, -0.25) is 15.0 Å². The molecule has 4 rings (SSSR count). The van der Waals surface area contributed by atoms with Crippen LogP contribution in [0.2, 0.25) is 10.0 Å². The molecule has 7 heteroatoms. The van der Waals surface area contributed by atoms with Gasteiger partial charge in [-0.05, 0) is 43.2 Å². The molecule has 0 radical (unpaired) electrons. The Morgan fingerprint density at radius 2 is 1.79 bits per heavy atom. The van der Waals surface area contributed by atoms with Gasteiger partial charge in [-0.1, -0.05) is 54.6 Å². The SMILES string of the molecule is O=C(Nn1c(C2CCCCC2)nc2ccccc2c1=O)c1ccc(Cl)c(Cl)c1. The zero-order valence-corrected chi connectivity index (χ0v) is 16.6. The second-order valence-corrected chi connectivity index (χ2v) is 7.85. The standard InChI is InChI=1S/C21H19Cl2N3O2/c22-16-11-10-14(12-17(16)23)20(27)25-26-19(13-6-2-1-3-7-13)24-18-9-5-4-8-15(18)21(26)28/h4-5,8-13H,1-3,6-7H2,(H,25,27). The Labute approximate surface area is 172 Å². The number of halogens is 2. The monoisotopic (exact) mass is 415 g/mol. The Morgan fingerprint density at radius 3 is 2.54 bits per heavy atom. The van der Waals surface area contributed by atoms with Crippen molar-refractivity contribution in [3.63, 3.8) is 0 Å². The van der Waals surface area contributed by atoms with Crippen LogP contribution in [0.4, 0.5) is 0 Å². The second kappa shape index (κ2) is 7.94. The molecule has 0 aliphatic heterocycles. The van der Waals surface area contributed by atoms with Crippen molar-refractivity contribution >= 4 is 40.0 Å². The van der Waals surface area contributed by atoms with Crippen LogP contribution in [0.5, 0.6) is 0 Å². The first-order chi connectivity index (χ1) is 13.5. The Hall–Kier alpha value is -2.37.